The van der Waals surface area contributed by atoms with Gasteiger partial charge in [0.05, 0.1) is 0 Å². The molecule has 0 radical (unpaired) electrons. The number of halogens is 2. The number of hydrogen-bond acceptors (Lipinski definition) is 2. The fourth-order valence-corrected chi connectivity index (χ4v) is 1.61. The van der Waals surface area contributed by atoms with E-state index in [1.54, 1.807) is 24.3 Å². The number of rotatable bonds is 3. The standard InChI is InChI=1S/C15H11F2NO/c16-11-7-5-10(13(17)9-11)6-8-15(19)12-3-1-2-4-14(12)18/h1-9H,18H2. The minimum atomic E-state index is -0.718. The van der Waals surface area contributed by atoms with Crippen molar-refractivity contribution >= 4 is 17.5 Å². The highest BCUT2D eigenvalue weighted by Gasteiger charge is 2.06. The Balaban J connectivity index is 2.24. The molecule has 0 bridgehead atoms. The Labute approximate surface area is 109 Å². The molecule has 2 rings (SSSR count). The average Bonchev–Trinajstić information content (AvgIpc) is 2.38. The van der Waals surface area contributed by atoms with E-state index < -0.39 is 11.6 Å². The zero-order valence-electron chi connectivity index (χ0n) is 9.94. The fourth-order valence-electron chi connectivity index (χ4n) is 1.61. The third kappa shape index (κ3) is 3.04. The molecule has 0 aliphatic heterocycles. The van der Waals surface area contributed by atoms with Crippen LogP contribution in [-0.2, 0) is 0 Å². The number of carbonyl (C=O) groups excluding carboxylic acids is 1. The molecule has 0 aliphatic rings. The summed E-state index contributed by atoms with van der Waals surface area (Å²) in [5.74, 6) is -1.71. The van der Waals surface area contributed by atoms with E-state index in [2.05, 4.69) is 0 Å². The predicted molar refractivity (Wildman–Crippen MR) is 70.6 cm³/mol. The Hall–Kier alpha value is -2.49. The van der Waals surface area contributed by atoms with Crippen LogP contribution in [0.2, 0.25) is 0 Å². The van der Waals surface area contributed by atoms with Crippen molar-refractivity contribution in [2.75, 3.05) is 5.73 Å². The normalized spacial score (nSPS) is 10.8. The van der Waals surface area contributed by atoms with Gasteiger partial charge < -0.3 is 5.73 Å². The Bertz CT molecular complexity index is 650. The summed E-state index contributed by atoms with van der Waals surface area (Å²) in [5.41, 5.74) is 6.51. The van der Waals surface area contributed by atoms with Gasteiger partial charge >= 0.3 is 0 Å². The van der Waals surface area contributed by atoms with Crippen molar-refractivity contribution in [1.29, 1.82) is 0 Å². The van der Waals surface area contributed by atoms with Gasteiger partial charge in [-0.3, -0.25) is 4.79 Å². The van der Waals surface area contributed by atoms with E-state index in [1.165, 1.54) is 18.2 Å². The van der Waals surface area contributed by atoms with Crippen molar-refractivity contribution in [2.45, 2.75) is 0 Å². The summed E-state index contributed by atoms with van der Waals surface area (Å²) < 4.78 is 26.1. The molecule has 19 heavy (non-hydrogen) atoms. The Morgan fingerprint density at radius 1 is 1.11 bits per heavy atom. The number of nitrogen functional groups attached to an aromatic ring is 1. The first-order valence-electron chi connectivity index (χ1n) is 5.60. The van der Waals surface area contributed by atoms with Gasteiger partial charge in [0.2, 0.25) is 0 Å². The smallest absolute Gasteiger partial charge is 0.187 e. The number of allylic oxidation sites excluding steroid dienone is 1. The van der Waals surface area contributed by atoms with Crippen molar-refractivity contribution in [1.82, 2.24) is 0 Å². The molecule has 0 unspecified atom stereocenters. The lowest BCUT2D eigenvalue weighted by Gasteiger charge is -2.00. The van der Waals surface area contributed by atoms with Gasteiger partial charge in [-0.25, -0.2) is 8.78 Å². The first-order valence-corrected chi connectivity index (χ1v) is 5.60. The molecule has 4 heteroatoms. The first-order chi connectivity index (χ1) is 9.08. The molecule has 0 amide bonds. The van der Waals surface area contributed by atoms with Crippen molar-refractivity contribution in [2.24, 2.45) is 0 Å². The molecule has 0 aliphatic carbocycles. The summed E-state index contributed by atoms with van der Waals surface area (Å²) in [6.07, 6.45) is 2.51. The molecule has 0 aromatic heterocycles. The van der Waals surface area contributed by atoms with Crippen LogP contribution in [0.3, 0.4) is 0 Å². The molecule has 0 heterocycles. The zero-order chi connectivity index (χ0) is 13.8. The highest BCUT2D eigenvalue weighted by molar-refractivity contribution is 6.10. The van der Waals surface area contributed by atoms with E-state index in [0.29, 0.717) is 11.3 Å². The second-order valence-electron chi connectivity index (χ2n) is 3.95. The molecule has 96 valence electrons. The van der Waals surface area contributed by atoms with Crippen molar-refractivity contribution in [3.8, 4) is 0 Å². The van der Waals surface area contributed by atoms with E-state index >= 15 is 0 Å². The molecule has 2 nitrogen and oxygen atoms in total. The van der Waals surface area contributed by atoms with E-state index in [1.807, 2.05) is 0 Å². The number of ketones is 1. The Morgan fingerprint density at radius 2 is 1.84 bits per heavy atom. The summed E-state index contributed by atoms with van der Waals surface area (Å²) in [6.45, 7) is 0. The van der Waals surface area contributed by atoms with Gasteiger partial charge in [-0.05, 0) is 36.4 Å². The lowest BCUT2D eigenvalue weighted by molar-refractivity contribution is 0.104. The van der Waals surface area contributed by atoms with Crippen molar-refractivity contribution < 1.29 is 13.6 Å². The van der Waals surface area contributed by atoms with Crippen LogP contribution in [0.5, 0.6) is 0 Å². The van der Waals surface area contributed by atoms with Gasteiger partial charge in [-0.1, -0.05) is 12.1 Å². The molecule has 0 saturated carbocycles. The molecule has 0 fully saturated rings. The summed E-state index contributed by atoms with van der Waals surface area (Å²) in [5, 5.41) is 0. The van der Waals surface area contributed by atoms with Crippen LogP contribution >= 0.6 is 0 Å². The van der Waals surface area contributed by atoms with Gasteiger partial charge in [-0.2, -0.15) is 0 Å². The highest BCUT2D eigenvalue weighted by Crippen LogP contribution is 2.14. The highest BCUT2D eigenvalue weighted by atomic mass is 19.1. The number of anilines is 1. The summed E-state index contributed by atoms with van der Waals surface area (Å²) in [6, 6.07) is 9.77. The van der Waals surface area contributed by atoms with Crippen LogP contribution in [0.15, 0.2) is 48.5 Å². The van der Waals surface area contributed by atoms with E-state index in [-0.39, 0.29) is 11.3 Å². The topological polar surface area (TPSA) is 43.1 Å². The van der Waals surface area contributed by atoms with Crippen LogP contribution in [0.4, 0.5) is 14.5 Å². The fraction of sp³-hybridized carbons (Fsp3) is 0. The number of nitrogens with two attached hydrogens (primary N) is 1. The maximum Gasteiger partial charge on any atom is 0.187 e. The quantitative estimate of drug-likeness (QED) is 0.521. The number of carbonyl (C=O) groups is 1. The van der Waals surface area contributed by atoms with Crippen molar-refractivity contribution in [3.63, 3.8) is 0 Å². The molecule has 0 saturated heterocycles. The number of para-hydroxylation sites is 1. The van der Waals surface area contributed by atoms with Gasteiger partial charge in [0.1, 0.15) is 11.6 Å². The molecule has 2 aromatic rings. The largest absolute Gasteiger partial charge is 0.398 e. The van der Waals surface area contributed by atoms with Crippen LogP contribution in [0, 0.1) is 11.6 Å². The molecular formula is C15H11F2NO. The Morgan fingerprint density at radius 3 is 2.53 bits per heavy atom. The predicted octanol–water partition coefficient (Wildman–Crippen LogP) is 3.44. The molecule has 0 atom stereocenters. The van der Waals surface area contributed by atoms with Gasteiger partial charge in [-0.15, -0.1) is 0 Å². The van der Waals surface area contributed by atoms with Gasteiger partial charge in [0.15, 0.2) is 5.78 Å². The van der Waals surface area contributed by atoms with Crippen LogP contribution in [-0.4, -0.2) is 5.78 Å². The first kappa shape index (κ1) is 13.0. The third-order valence-electron chi connectivity index (χ3n) is 2.60. The van der Waals surface area contributed by atoms with Crippen molar-refractivity contribution in [3.05, 3.63) is 71.3 Å². The maximum absolute atomic E-state index is 13.4. The minimum absolute atomic E-state index is 0.143. The second-order valence-corrected chi connectivity index (χ2v) is 3.95. The maximum atomic E-state index is 13.4. The molecule has 0 spiro atoms. The molecule has 2 aromatic carbocycles. The lowest BCUT2D eigenvalue weighted by Crippen LogP contribution is -2.00. The SMILES string of the molecule is Nc1ccccc1C(=O)C=Cc1ccc(F)cc1F. The lowest BCUT2D eigenvalue weighted by atomic mass is 10.1. The number of hydrogen-bond donors (Lipinski definition) is 1. The van der Waals surface area contributed by atoms with Gasteiger partial charge in [0, 0.05) is 22.9 Å². The second kappa shape index (κ2) is 5.44. The molecular weight excluding hydrogens is 248 g/mol. The Kier molecular flexibility index (Phi) is 3.71. The summed E-state index contributed by atoms with van der Waals surface area (Å²) in [7, 11) is 0. The zero-order valence-corrected chi connectivity index (χ0v) is 9.94. The average molecular weight is 259 g/mol. The molecule has 2 N–H and O–H groups in total. The van der Waals surface area contributed by atoms with Crippen LogP contribution in [0.25, 0.3) is 6.08 Å². The van der Waals surface area contributed by atoms with E-state index in [4.69, 9.17) is 5.73 Å². The van der Waals surface area contributed by atoms with E-state index in [9.17, 15) is 13.6 Å². The number of benzene rings is 2. The van der Waals surface area contributed by atoms with E-state index in [0.717, 1.165) is 12.1 Å². The summed E-state index contributed by atoms with van der Waals surface area (Å²) >= 11 is 0. The monoisotopic (exact) mass is 259 g/mol. The van der Waals surface area contributed by atoms with Crippen LogP contribution < -0.4 is 5.73 Å². The van der Waals surface area contributed by atoms with Crippen LogP contribution in [0.1, 0.15) is 15.9 Å². The summed E-state index contributed by atoms with van der Waals surface area (Å²) in [4.78, 5) is 11.9. The minimum Gasteiger partial charge on any atom is -0.398 e. The van der Waals surface area contributed by atoms with Gasteiger partial charge in [0.25, 0.3) is 0 Å². The third-order valence-corrected chi connectivity index (χ3v) is 2.60.